The molecular formula is C73H136O17P2. The Bertz CT molecular complexity index is 1900. The smallest absolute Gasteiger partial charge is 0.462 e. The molecule has 17 nitrogen and oxygen atoms in total. The molecule has 0 spiro atoms. The molecule has 0 aromatic rings. The fourth-order valence-electron chi connectivity index (χ4n) is 10.3. The monoisotopic (exact) mass is 1350 g/mol. The van der Waals surface area contributed by atoms with Gasteiger partial charge in [-0.1, -0.05) is 270 Å². The second kappa shape index (κ2) is 66.9. The van der Waals surface area contributed by atoms with Crippen LogP contribution in [0.1, 0.15) is 349 Å². The molecule has 0 saturated heterocycles. The second-order valence-corrected chi connectivity index (χ2v) is 28.1. The van der Waals surface area contributed by atoms with Gasteiger partial charge in [-0.15, -0.1) is 0 Å². The molecule has 540 valence electrons. The van der Waals surface area contributed by atoms with Crippen LogP contribution in [0.3, 0.4) is 0 Å². The number of esters is 4. The molecule has 0 saturated carbocycles. The maximum Gasteiger partial charge on any atom is 0.472 e. The first-order valence-corrected chi connectivity index (χ1v) is 40.2. The normalized spacial score (nSPS) is 14.2. The van der Waals surface area contributed by atoms with Crippen LogP contribution in [0, 0.1) is 0 Å². The van der Waals surface area contributed by atoms with Gasteiger partial charge in [-0.05, 0) is 89.9 Å². The molecule has 0 radical (unpaired) electrons. The number of carbonyl (C=O) groups is 4. The van der Waals surface area contributed by atoms with E-state index in [4.69, 9.17) is 37.0 Å². The lowest BCUT2D eigenvalue weighted by Crippen LogP contribution is -2.30. The highest BCUT2D eigenvalue weighted by Gasteiger charge is 2.30. The maximum atomic E-state index is 13.0. The Hall–Kier alpha value is -2.72. The van der Waals surface area contributed by atoms with E-state index in [1.54, 1.807) is 0 Å². The van der Waals surface area contributed by atoms with Crippen molar-refractivity contribution in [2.45, 2.75) is 367 Å². The zero-order valence-corrected chi connectivity index (χ0v) is 60.5. The van der Waals surface area contributed by atoms with Crippen molar-refractivity contribution in [1.29, 1.82) is 0 Å². The quantitative estimate of drug-likeness (QED) is 0.0169. The average molecular weight is 1350 g/mol. The Morgan fingerprint density at radius 2 is 0.511 bits per heavy atom. The minimum atomic E-state index is -4.96. The van der Waals surface area contributed by atoms with Gasteiger partial charge in [0.1, 0.15) is 19.3 Å². The molecular weight excluding hydrogens is 1210 g/mol. The molecule has 0 bridgehead atoms. The number of aliphatic hydroxyl groups excluding tert-OH is 1. The topological polar surface area (TPSA) is 237 Å². The third kappa shape index (κ3) is 65.9. The van der Waals surface area contributed by atoms with Gasteiger partial charge in [0.2, 0.25) is 0 Å². The van der Waals surface area contributed by atoms with Crippen molar-refractivity contribution in [3.63, 3.8) is 0 Å². The lowest BCUT2D eigenvalue weighted by atomic mass is 10.0. The van der Waals surface area contributed by atoms with E-state index in [2.05, 4.69) is 64.2 Å². The van der Waals surface area contributed by atoms with Gasteiger partial charge < -0.3 is 33.8 Å². The van der Waals surface area contributed by atoms with Crippen LogP contribution in [-0.2, 0) is 65.4 Å². The Labute approximate surface area is 560 Å². The van der Waals surface area contributed by atoms with Gasteiger partial charge in [-0.25, -0.2) is 9.13 Å². The number of unbranched alkanes of at least 4 members (excludes halogenated alkanes) is 39. The highest BCUT2D eigenvalue weighted by atomic mass is 31.2. The predicted octanol–water partition coefficient (Wildman–Crippen LogP) is 20.8. The third-order valence-electron chi connectivity index (χ3n) is 16.1. The number of rotatable bonds is 71. The van der Waals surface area contributed by atoms with Gasteiger partial charge in [0.15, 0.2) is 12.2 Å². The second-order valence-electron chi connectivity index (χ2n) is 25.2. The van der Waals surface area contributed by atoms with Crippen molar-refractivity contribution >= 4 is 39.5 Å². The van der Waals surface area contributed by atoms with Crippen LogP contribution < -0.4 is 0 Å². The van der Waals surface area contributed by atoms with E-state index in [-0.39, 0.29) is 25.7 Å². The Morgan fingerprint density at radius 1 is 0.293 bits per heavy atom. The van der Waals surface area contributed by atoms with Crippen molar-refractivity contribution in [1.82, 2.24) is 0 Å². The molecule has 0 aliphatic carbocycles. The summed E-state index contributed by atoms with van der Waals surface area (Å²) in [5.74, 6) is -2.17. The zero-order chi connectivity index (χ0) is 67.5. The summed E-state index contributed by atoms with van der Waals surface area (Å²) < 4.78 is 68.3. The summed E-state index contributed by atoms with van der Waals surface area (Å²) in [4.78, 5) is 72.6. The van der Waals surface area contributed by atoms with Crippen LogP contribution in [0.5, 0.6) is 0 Å². The van der Waals surface area contributed by atoms with E-state index in [0.29, 0.717) is 25.7 Å². The number of hydrogen-bond donors (Lipinski definition) is 3. The van der Waals surface area contributed by atoms with E-state index in [1.165, 1.54) is 128 Å². The summed E-state index contributed by atoms with van der Waals surface area (Å²) in [7, 11) is -9.92. The number of carbonyl (C=O) groups excluding carboxylic acids is 4. The summed E-state index contributed by atoms with van der Waals surface area (Å²) >= 11 is 0. The molecule has 0 amide bonds. The third-order valence-corrected chi connectivity index (χ3v) is 18.0. The van der Waals surface area contributed by atoms with Crippen LogP contribution in [-0.4, -0.2) is 96.7 Å². The van der Waals surface area contributed by atoms with E-state index in [9.17, 15) is 43.2 Å². The van der Waals surface area contributed by atoms with E-state index in [1.807, 2.05) is 0 Å². The maximum absolute atomic E-state index is 13.0. The predicted molar refractivity (Wildman–Crippen MR) is 372 cm³/mol. The van der Waals surface area contributed by atoms with Crippen LogP contribution >= 0.6 is 15.6 Å². The van der Waals surface area contributed by atoms with Crippen molar-refractivity contribution in [2.24, 2.45) is 0 Å². The number of aliphatic hydroxyl groups is 1. The highest BCUT2D eigenvalue weighted by molar-refractivity contribution is 7.47. The van der Waals surface area contributed by atoms with E-state index in [0.717, 1.165) is 141 Å². The van der Waals surface area contributed by atoms with Crippen molar-refractivity contribution < 1.29 is 80.2 Å². The van der Waals surface area contributed by atoms with Gasteiger partial charge in [-0.2, -0.15) is 0 Å². The number of ether oxygens (including phenoxy) is 4. The van der Waals surface area contributed by atoms with Gasteiger partial charge in [0, 0.05) is 25.7 Å². The van der Waals surface area contributed by atoms with Gasteiger partial charge >= 0.3 is 39.5 Å². The first-order valence-electron chi connectivity index (χ1n) is 37.2. The molecule has 0 fully saturated rings. The summed E-state index contributed by atoms with van der Waals surface area (Å²) in [5, 5.41) is 10.6. The summed E-state index contributed by atoms with van der Waals surface area (Å²) in [6.45, 7) is 4.82. The Balaban J connectivity index is 5.28. The highest BCUT2D eigenvalue weighted by Crippen LogP contribution is 2.45. The van der Waals surface area contributed by atoms with Crippen LogP contribution in [0.4, 0.5) is 0 Å². The van der Waals surface area contributed by atoms with Crippen LogP contribution in [0.15, 0.2) is 36.5 Å². The largest absolute Gasteiger partial charge is 0.472 e. The molecule has 0 aromatic carbocycles. The lowest BCUT2D eigenvalue weighted by Gasteiger charge is -2.21. The minimum absolute atomic E-state index is 0.0882. The molecule has 0 rings (SSSR count). The standard InChI is InChI=1S/C73H136O17P2/c1-5-9-13-17-21-25-29-31-33-35-39-42-46-50-54-58-71(76)84-64-69(90-73(78)60-56-52-48-44-40-36-34-32-30-26-22-18-14-10-6-2)66-88-92(81,82)86-62-67(74)61-85-91(79,80)87-65-68(89-72(77)59-55-51-47-43-38-28-24-20-16-12-8-4)63-83-70(75)57-53-49-45-41-37-27-23-19-15-11-7-3/h19-20,23-24,31,33,67-69,74H,5-18,21-22,25-30,32,34-66H2,1-4H3,(H,79,80)(H,81,82)/b23-19-,24-20-,33-31-. The zero-order valence-electron chi connectivity index (χ0n) is 58.7. The van der Waals surface area contributed by atoms with Gasteiger partial charge in [-0.3, -0.25) is 37.3 Å². The molecule has 0 aliphatic heterocycles. The summed E-state index contributed by atoms with van der Waals surface area (Å²) in [5.41, 5.74) is 0. The number of phosphoric ester groups is 2. The number of allylic oxidation sites excluding steroid dienone is 6. The molecule has 19 heteroatoms. The average Bonchev–Trinajstić information content (AvgIpc) is 2.39. The minimum Gasteiger partial charge on any atom is -0.462 e. The SMILES string of the molecule is CCCC/C=C\CCCCCCCC(=O)OCC(COP(=O)(O)OCC(O)COP(=O)(O)OCC(COC(=O)CCCCCCC/C=C\CCCCCCCC)OC(=O)CCCCCCCCCCCCCCCCC)OC(=O)CCCCCCC/C=C\CCCC. The first kappa shape index (κ1) is 89.3. The van der Waals surface area contributed by atoms with Gasteiger partial charge in [0.05, 0.1) is 26.4 Å². The first-order chi connectivity index (χ1) is 44.7. The Kier molecular flexibility index (Phi) is 64.9. The van der Waals surface area contributed by atoms with Gasteiger partial charge in [0.25, 0.3) is 0 Å². The molecule has 3 N–H and O–H groups in total. The number of phosphoric acid groups is 2. The molecule has 0 heterocycles. The molecule has 0 aromatic heterocycles. The summed E-state index contributed by atoms with van der Waals surface area (Å²) in [6.07, 6.45) is 60.1. The fraction of sp³-hybridized carbons (Fsp3) is 0.863. The Morgan fingerprint density at radius 3 is 0.783 bits per heavy atom. The van der Waals surface area contributed by atoms with Crippen molar-refractivity contribution in [2.75, 3.05) is 39.6 Å². The number of hydrogen-bond acceptors (Lipinski definition) is 15. The fourth-order valence-corrected chi connectivity index (χ4v) is 11.9. The van der Waals surface area contributed by atoms with Crippen molar-refractivity contribution in [3.05, 3.63) is 36.5 Å². The summed E-state index contributed by atoms with van der Waals surface area (Å²) in [6, 6.07) is 0. The van der Waals surface area contributed by atoms with Crippen LogP contribution in [0.25, 0.3) is 0 Å². The van der Waals surface area contributed by atoms with Crippen molar-refractivity contribution in [3.8, 4) is 0 Å². The molecule has 0 aliphatic rings. The molecule has 5 atom stereocenters. The van der Waals surface area contributed by atoms with E-state index >= 15 is 0 Å². The van der Waals surface area contributed by atoms with Crippen LogP contribution in [0.2, 0.25) is 0 Å². The lowest BCUT2D eigenvalue weighted by molar-refractivity contribution is -0.161. The molecule has 5 unspecified atom stereocenters. The molecule has 92 heavy (non-hydrogen) atoms. The van der Waals surface area contributed by atoms with E-state index < -0.39 is 97.5 Å².